The predicted octanol–water partition coefficient (Wildman–Crippen LogP) is 3.97. The van der Waals surface area contributed by atoms with Crippen LogP contribution in [-0.4, -0.2) is 42.6 Å². The van der Waals surface area contributed by atoms with Crippen molar-refractivity contribution in [1.29, 1.82) is 0 Å². The molecule has 1 amide bonds. The predicted molar refractivity (Wildman–Crippen MR) is 111 cm³/mol. The van der Waals surface area contributed by atoms with Crippen molar-refractivity contribution in [3.8, 4) is 5.95 Å². The van der Waals surface area contributed by atoms with Crippen LogP contribution in [0.2, 0.25) is 5.02 Å². The topological polar surface area (TPSA) is 85.6 Å². The van der Waals surface area contributed by atoms with Crippen LogP contribution < -0.4 is 5.32 Å². The van der Waals surface area contributed by atoms with Crippen LogP contribution in [-0.2, 0) is 0 Å². The molecule has 0 aliphatic carbocycles. The zero-order valence-corrected chi connectivity index (χ0v) is 18.0. The van der Waals surface area contributed by atoms with Gasteiger partial charge in [-0.2, -0.15) is 36.4 Å². The van der Waals surface area contributed by atoms with Crippen LogP contribution in [0.3, 0.4) is 0 Å². The number of carbonyl (C=O) groups excluding carboxylic acids is 1. The van der Waals surface area contributed by atoms with E-state index in [1.807, 2.05) is 0 Å². The first-order valence-corrected chi connectivity index (χ1v) is 9.57. The van der Waals surface area contributed by atoms with Crippen LogP contribution in [0.25, 0.3) is 5.95 Å². The van der Waals surface area contributed by atoms with Crippen molar-refractivity contribution in [2.45, 2.75) is 24.0 Å². The molecule has 2 heterocycles. The van der Waals surface area contributed by atoms with Gasteiger partial charge < -0.3 is 5.32 Å². The molecule has 2 aromatic heterocycles. The Morgan fingerprint density at radius 2 is 1.93 bits per heavy atom. The molecule has 7 nitrogen and oxygen atoms in total. The molecule has 0 saturated carbocycles. The Morgan fingerprint density at radius 1 is 1.23 bits per heavy atom. The lowest BCUT2D eigenvalue weighted by Gasteiger charge is -2.14. The summed E-state index contributed by atoms with van der Waals surface area (Å²) >= 11 is 6.52. The minimum absolute atomic E-state index is 0. The van der Waals surface area contributed by atoms with Crippen molar-refractivity contribution < 1.29 is 18.0 Å². The summed E-state index contributed by atoms with van der Waals surface area (Å²) in [6.45, 7) is 1.69. The number of thioether (sulfide) groups is 1. The Labute approximate surface area is 185 Å². The fourth-order valence-electron chi connectivity index (χ4n) is 2.39. The van der Waals surface area contributed by atoms with Crippen molar-refractivity contribution in [2.75, 3.05) is 5.75 Å². The molecule has 0 fully saturated rings. The number of alkyl halides is 3. The molecular weight excluding hydrogens is 461 g/mol. The molecule has 0 unspecified atom stereocenters. The van der Waals surface area contributed by atoms with Crippen molar-refractivity contribution in [3.63, 3.8) is 0 Å². The van der Waals surface area contributed by atoms with Gasteiger partial charge in [0.25, 0.3) is 11.9 Å². The van der Waals surface area contributed by atoms with Crippen LogP contribution >= 0.6 is 36.9 Å². The first kappa shape index (κ1) is 24.0. The van der Waals surface area contributed by atoms with Crippen LogP contribution in [0, 0.1) is 0 Å². The highest BCUT2D eigenvalue weighted by molar-refractivity contribution is 7.99. The third-order valence-electron chi connectivity index (χ3n) is 3.59. The lowest BCUT2D eigenvalue weighted by molar-refractivity contribution is -0.105. The minimum atomic E-state index is -4.33. The largest absolute Gasteiger partial charge is 0.398 e. The van der Waals surface area contributed by atoms with E-state index in [-0.39, 0.29) is 34.9 Å². The van der Waals surface area contributed by atoms with E-state index in [1.165, 1.54) is 29.2 Å². The Morgan fingerprint density at radius 3 is 2.60 bits per heavy atom. The highest BCUT2D eigenvalue weighted by Crippen LogP contribution is 2.30. The molecular formula is C17H16ClF3N6OS2. The fraction of sp³-hybridized carbons (Fsp3) is 0.235. The molecule has 30 heavy (non-hydrogen) atoms. The molecule has 0 aliphatic rings. The van der Waals surface area contributed by atoms with Crippen LogP contribution in [0.1, 0.15) is 29.1 Å². The summed E-state index contributed by atoms with van der Waals surface area (Å²) in [5, 5.41) is 6.95. The van der Waals surface area contributed by atoms with Gasteiger partial charge >= 0.3 is 6.18 Å². The maximum Gasteiger partial charge on any atom is 0.398 e. The van der Waals surface area contributed by atoms with Gasteiger partial charge in [-0.05, 0) is 31.2 Å². The molecule has 1 N–H and O–H groups in total. The average Bonchev–Trinajstić information content (AvgIpc) is 3.16. The van der Waals surface area contributed by atoms with Crippen molar-refractivity contribution in [1.82, 2.24) is 30.0 Å². The SMILES string of the molecule is C[C@H](NC(=O)c1cc(Cl)cc(SCC(F)(F)F)c1)c1ncnn1-c1ncccn1.S. The van der Waals surface area contributed by atoms with Gasteiger partial charge in [-0.3, -0.25) is 4.79 Å². The van der Waals surface area contributed by atoms with Gasteiger partial charge in [-0.15, -0.1) is 11.8 Å². The van der Waals surface area contributed by atoms with E-state index < -0.39 is 23.9 Å². The Hall–Kier alpha value is -2.31. The smallest absolute Gasteiger partial charge is 0.342 e. The highest BCUT2D eigenvalue weighted by Gasteiger charge is 2.27. The van der Waals surface area contributed by atoms with E-state index in [1.54, 1.807) is 25.4 Å². The van der Waals surface area contributed by atoms with Gasteiger partial charge in [-0.1, -0.05) is 11.6 Å². The number of nitrogens with zero attached hydrogens (tertiary/aromatic N) is 5. The molecule has 13 heteroatoms. The number of benzene rings is 1. The zero-order valence-electron chi connectivity index (χ0n) is 15.4. The van der Waals surface area contributed by atoms with Gasteiger partial charge in [0.05, 0.1) is 11.8 Å². The standard InChI is InChI=1S/C17H14ClF3N6OS.H2S/c1-10(14-24-9-25-27(14)16-22-3-2-4-23-16)26-15(28)11-5-12(18)7-13(6-11)29-8-17(19,20)21;/h2-7,9-10H,8H2,1H3,(H,26,28);1H2/t10-;/m0./s1. The van der Waals surface area contributed by atoms with Crippen molar-refractivity contribution in [3.05, 3.63) is 59.4 Å². The number of halogens is 4. The van der Waals surface area contributed by atoms with Crippen molar-refractivity contribution in [2.24, 2.45) is 0 Å². The van der Waals surface area contributed by atoms with Crippen LogP contribution in [0.4, 0.5) is 13.2 Å². The van der Waals surface area contributed by atoms with Gasteiger partial charge in [0.15, 0.2) is 5.82 Å². The summed E-state index contributed by atoms with van der Waals surface area (Å²) in [4.78, 5) is 25.2. The Balaban J connectivity index is 0.00000320. The molecule has 0 saturated heterocycles. The lowest BCUT2D eigenvalue weighted by Crippen LogP contribution is -2.29. The van der Waals surface area contributed by atoms with E-state index in [4.69, 9.17) is 11.6 Å². The van der Waals surface area contributed by atoms with E-state index in [0.29, 0.717) is 17.6 Å². The van der Waals surface area contributed by atoms with E-state index in [9.17, 15) is 18.0 Å². The second-order valence-corrected chi connectivity index (χ2v) is 7.34. The lowest BCUT2D eigenvalue weighted by atomic mass is 10.2. The number of amides is 1. The first-order chi connectivity index (χ1) is 13.7. The maximum atomic E-state index is 12.6. The second kappa shape index (κ2) is 10.1. The number of nitrogens with one attached hydrogen (secondary N) is 1. The van der Waals surface area contributed by atoms with Crippen LogP contribution in [0.5, 0.6) is 0 Å². The maximum absolute atomic E-state index is 12.6. The summed E-state index contributed by atoms with van der Waals surface area (Å²) in [5.41, 5.74) is 0.135. The number of hydrogen-bond acceptors (Lipinski definition) is 6. The molecule has 1 aromatic carbocycles. The van der Waals surface area contributed by atoms with Gasteiger partial charge in [0.1, 0.15) is 6.33 Å². The zero-order chi connectivity index (χ0) is 21.0. The molecule has 1 atom stereocenters. The van der Waals surface area contributed by atoms with Crippen molar-refractivity contribution >= 4 is 42.8 Å². The first-order valence-electron chi connectivity index (χ1n) is 8.21. The van der Waals surface area contributed by atoms with E-state index in [2.05, 4.69) is 25.4 Å². The summed E-state index contributed by atoms with van der Waals surface area (Å²) in [5.74, 6) is -0.921. The molecule has 3 aromatic rings. The summed E-state index contributed by atoms with van der Waals surface area (Å²) in [6, 6.07) is 5.18. The summed E-state index contributed by atoms with van der Waals surface area (Å²) in [6.07, 6.45) is 0.0689. The summed E-state index contributed by atoms with van der Waals surface area (Å²) in [7, 11) is 0. The van der Waals surface area contributed by atoms with Gasteiger partial charge in [0, 0.05) is 27.9 Å². The minimum Gasteiger partial charge on any atom is -0.342 e. The number of rotatable bonds is 6. The molecule has 0 bridgehead atoms. The Kier molecular flexibility index (Phi) is 8.10. The molecule has 0 aliphatic heterocycles. The second-order valence-electron chi connectivity index (χ2n) is 5.85. The van der Waals surface area contributed by atoms with E-state index in [0.717, 1.165) is 0 Å². The summed E-state index contributed by atoms with van der Waals surface area (Å²) < 4.78 is 38.7. The number of carbonyl (C=O) groups is 1. The molecule has 3 rings (SSSR count). The third-order valence-corrected chi connectivity index (χ3v) is 4.85. The third kappa shape index (κ3) is 6.34. The highest BCUT2D eigenvalue weighted by atomic mass is 35.5. The molecule has 0 radical (unpaired) electrons. The van der Waals surface area contributed by atoms with Gasteiger partial charge in [0.2, 0.25) is 0 Å². The number of aromatic nitrogens is 5. The Bertz CT molecular complexity index is 1000. The van der Waals surface area contributed by atoms with E-state index >= 15 is 0 Å². The molecule has 0 spiro atoms. The van der Waals surface area contributed by atoms with Gasteiger partial charge in [-0.25, -0.2) is 15.0 Å². The fourth-order valence-corrected chi connectivity index (χ4v) is 3.44. The average molecular weight is 477 g/mol. The monoisotopic (exact) mass is 476 g/mol. The normalized spacial score (nSPS) is 12.2. The van der Waals surface area contributed by atoms with Crippen LogP contribution in [0.15, 0.2) is 47.9 Å². The number of hydrogen-bond donors (Lipinski definition) is 1. The molecule has 160 valence electrons. The quantitative estimate of drug-likeness (QED) is 0.542.